The zero-order valence-electron chi connectivity index (χ0n) is 25.0. The first-order valence-corrected chi connectivity index (χ1v) is 14.7. The minimum atomic E-state index is -0.526. The van der Waals surface area contributed by atoms with E-state index >= 15 is 0 Å². The summed E-state index contributed by atoms with van der Waals surface area (Å²) in [5, 5.41) is 1.28. The number of esters is 3. The van der Waals surface area contributed by atoms with Gasteiger partial charge < -0.3 is 30.2 Å². The fourth-order valence-corrected chi connectivity index (χ4v) is 3.13. The first-order chi connectivity index (χ1) is 18.6. The fourth-order valence-electron chi connectivity index (χ4n) is 2.08. The minimum Gasteiger partial charge on any atom is -1.00 e. The van der Waals surface area contributed by atoms with Crippen molar-refractivity contribution in [1.82, 2.24) is 14.5 Å². The molecule has 3 aromatic rings. The number of rotatable bonds is 3. The molecule has 0 spiro atoms. The van der Waals surface area contributed by atoms with Crippen LogP contribution in [0.2, 0.25) is 20.4 Å². The normalized spacial score (nSPS) is 9.41. The zero-order valence-corrected chi connectivity index (χ0v) is 31.9. The maximum atomic E-state index is 11.1. The second kappa shape index (κ2) is 23.8. The maximum absolute atomic E-state index is 11.1. The third kappa shape index (κ3) is 17.9. The summed E-state index contributed by atoms with van der Waals surface area (Å²) in [7, 11) is 5.55. The van der Waals surface area contributed by atoms with Crippen molar-refractivity contribution >= 4 is 98.8 Å². The van der Waals surface area contributed by atoms with Gasteiger partial charge in [0.05, 0.1) is 48.8 Å². The van der Waals surface area contributed by atoms with E-state index in [1.54, 1.807) is 25.4 Å². The Kier molecular flexibility index (Phi) is 26.0. The van der Waals surface area contributed by atoms with Crippen molar-refractivity contribution in [3.8, 4) is 0 Å². The summed E-state index contributed by atoms with van der Waals surface area (Å²) in [6.07, 6.45) is 1.67. The average molecular weight is 802 g/mol. The molecule has 3 aromatic heterocycles. The third-order valence-corrected chi connectivity index (χ3v) is 5.48. The molecule has 0 aliphatic rings. The molecule has 0 unspecified atom stereocenters. The van der Waals surface area contributed by atoms with E-state index in [2.05, 4.69) is 51.1 Å². The SMILES string of the molecule is CC(C)(C)OCl.CI.COC(=O)c1[nH]c(Cl)cc1Cl.COC(=O)c1c(Cl)cc(Cl)n1C.COC(=O)c1ccc[nH]1.[H-].[Na+]. The summed E-state index contributed by atoms with van der Waals surface area (Å²) in [5.41, 5.74) is 0.738. The monoisotopic (exact) mass is 799 g/mol. The largest absolute Gasteiger partial charge is 1.00 e. The van der Waals surface area contributed by atoms with Crippen LogP contribution < -0.4 is 29.6 Å². The topological polar surface area (TPSA) is 125 Å². The second-order valence-electron chi connectivity index (χ2n) is 7.81. The molecule has 0 saturated carbocycles. The van der Waals surface area contributed by atoms with Gasteiger partial charge in [0, 0.05) is 13.2 Å². The van der Waals surface area contributed by atoms with Gasteiger partial charge in [-0.05, 0) is 50.0 Å². The first-order valence-electron chi connectivity index (χ1n) is 10.7. The molecular weight excluding hydrogens is 769 g/mol. The van der Waals surface area contributed by atoms with Gasteiger partial charge in [0.15, 0.2) is 0 Å². The van der Waals surface area contributed by atoms with Gasteiger partial charge in [0.1, 0.15) is 27.4 Å². The van der Waals surface area contributed by atoms with Gasteiger partial charge in [-0.1, -0.05) is 69.0 Å². The molecule has 0 amide bonds. The number of methoxy groups -OCH3 is 3. The number of carbonyl (C=O) groups is 3. The van der Waals surface area contributed by atoms with Gasteiger partial charge >= 0.3 is 47.5 Å². The summed E-state index contributed by atoms with van der Waals surface area (Å²) >= 11 is 29.7. The number of H-pyrrole nitrogens is 2. The summed E-state index contributed by atoms with van der Waals surface area (Å²) < 4.78 is 19.2. The van der Waals surface area contributed by atoms with Crippen LogP contribution in [-0.4, -0.2) is 64.3 Å². The molecule has 0 saturated heterocycles. The van der Waals surface area contributed by atoms with Crippen LogP contribution >= 0.6 is 80.9 Å². The molecule has 2 N–H and O–H groups in total. The van der Waals surface area contributed by atoms with E-state index in [9.17, 15) is 14.4 Å². The average Bonchev–Trinajstić information content (AvgIpc) is 3.64. The van der Waals surface area contributed by atoms with Gasteiger partial charge in [-0.25, -0.2) is 14.4 Å². The number of hydrogen-bond acceptors (Lipinski definition) is 7. The second-order valence-corrected chi connectivity index (χ2v) is 9.57. The minimum absolute atomic E-state index is 0. The molecule has 17 heteroatoms. The van der Waals surface area contributed by atoms with Crippen LogP contribution in [0.1, 0.15) is 53.7 Å². The van der Waals surface area contributed by atoms with Crippen LogP contribution in [0.15, 0.2) is 30.5 Å². The Morgan fingerprint density at radius 2 is 1.39 bits per heavy atom. The quantitative estimate of drug-likeness (QED) is 0.124. The predicted octanol–water partition coefficient (Wildman–Crippen LogP) is 5.15. The number of alkyl halides is 1. The Morgan fingerprint density at radius 1 is 0.902 bits per heavy atom. The number of nitrogens with zero attached hydrogens (tertiary/aromatic N) is 1. The van der Waals surface area contributed by atoms with Crippen molar-refractivity contribution in [3.05, 3.63) is 67.9 Å². The molecule has 0 aliphatic carbocycles. The van der Waals surface area contributed by atoms with Crippen molar-refractivity contribution in [2.45, 2.75) is 26.4 Å². The molecule has 228 valence electrons. The number of ether oxygens (including phenoxy) is 3. The van der Waals surface area contributed by atoms with Crippen molar-refractivity contribution in [2.24, 2.45) is 7.05 Å². The van der Waals surface area contributed by atoms with E-state index in [-0.39, 0.29) is 59.0 Å². The van der Waals surface area contributed by atoms with E-state index in [4.69, 9.17) is 58.3 Å². The standard InChI is InChI=1S/C7H7Cl2NO2.C6H5Cl2NO2.C6H7NO2.C4H9ClO.CH3I.Na.H/c1-10-5(9)3-4(8)6(10)7(11)12-2;1-11-6(10)5-3(7)2-4(8)9-5;1-9-6(8)5-3-2-4-7-5;1-4(2,3)6-5;1-2;;/h3H,1-2H3;2,9H,1H3;2-4,7H,1H3;1-3H3;1H3;;/q;;;;;+1;-1. The zero-order chi connectivity index (χ0) is 31.6. The smallest absolute Gasteiger partial charge is 1.00 e. The Bertz CT molecular complexity index is 1190. The number of nitrogens with one attached hydrogen (secondary N) is 2. The number of aromatic nitrogens is 3. The summed E-state index contributed by atoms with van der Waals surface area (Å²) in [4.78, 5) is 39.8. The van der Waals surface area contributed by atoms with Crippen LogP contribution in [0.3, 0.4) is 0 Å². The molecule has 41 heavy (non-hydrogen) atoms. The van der Waals surface area contributed by atoms with Crippen LogP contribution in [0.5, 0.6) is 0 Å². The Hall–Kier alpha value is -0.610. The molecule has 0 radical (unpaired) electrons. The Morgan fingerprint density at radius 3 is 1.68 bits per heavy atom. The number of hydrogen-bond donors (Lipinski definition) is 2. The Labute approximate surface area is 302 Å². The van der Waals surface area contributed by atoms with Crippen LogP contribution in [-0.2, 0) is 25.5 Å². The van der Waals surface area contributed by atoms with Crippen molar-refractivity contribution in [3.63, 3.8) is 0 Å². The molecule has 3 rings (SSSR count). The van der Waals surface area contributed by atoms with E-state index in [1.165, 1.54) is 38.0 Å². The van der Waals surface area contributed by atoms with Crippen molar-refractivity contribution < 1.29 is 63.9 Å². The van der Waals surface area contributed by atoms with E-state index in [0.29, 0.717) is 21.0 Å². The molecular formula is C24H32Cl5IN3NaO7. The fraction of sp³-hybridized carbons (Fsp3) is 0.375. The number of halogens is 6. The molecule has 0 fully saturated rings. The third-order valence-electron chi connectivity index (χ3n) is 3.87. The first kappa shape index (κ1) is 44.8. The predicted molar refractivity (Wildman–Crippen MR) is 169 cm³/mol. The van der Waals surface area contributed by atoms with E-state index < -0.39 is 11.9 Å². The van der Waals surface area contributed by atoms with Crippen molar-refractivity contribution in [1.29, 1.82) is 0 Å². The van der Waals surface area contributed by atoms with Crippen LogP contribution in [0, 0.1) is 0 Å². The molecule has 0 aromatic carbocycles. The number of carbonyl (C=O) groups excluding carboxylic acids is 3. The van der Waals surface area contributed by atoms with E-state index in [1.807, 2.05) is 25.7 Å². The summed E-state index contributed by atoms with van der Waals surface area (Å²) in [6, 6.07) is 6.34. The van der Waals surface area contributed by atoms with Gasteiger partial charge in [-0.2, -0.15) is 0 Å². The Balaban J connectivity index is -0.000000226. The molecule has 0 atom stereocenters. The van der Waals surface area contributed by atoms with E-state index in [0.717, 1.165) is 0 Å². The van der Waals surface area contributed by atoms with Gasteiger partial charge in [0.2, 0.25) is 0 Å². The molecule has 0 aliphatic heterocycles. The van der Waals surface area contributed by atoms with Gasteiger partial charge in [-0.3, -0.25) is 4.29 Å². The maximum Gasteiger partial charge on any atom is 1.00 e. The van der Waals surface area contributed by atoms with Crippen molar-refractivity contribution in [2.75, 3.05) is 26.3 Å². The molecule has 3 heterocycles. The molecule has 10 nitrogen and oxygen atoms in total. The van der Waals surface area contributed by atoms with Gasteiger partial charge in [0.25, 0.3) is 0 Å². The van der Waals surface area contributed by atoms with Crippen LogP contribution in [0.4, 0.5) is 0 Å². The molecule has 0 bridgehead atoms. The number of aromatic amines is 2. The van der Waals surface area contributed by atoms with Crippen LogP contribution in [0.25, 0.3) is 0 Å². The summed E-state index contributed by atoms with van der Waals surface area (Å²) in [6.45, 7) is 5.67. The summed E-state index contributed by atoms with van der Waals surface area (Å²) in [5.74, 6) is -1.35. The van der Waals surface area contributed by atoms with Gasteiger partial charge in [-0.15, -0.1) is 0 Å².